The van der Waals surface area contributed by atoms with Crippen LogP contribution in [0, 0.1) is 0 Å². The summed E-state index contributed by atoms with van der Waals surface area (Å²) in [6.45, 7) is 2.73. The lowest BCUT2D eigenvalue weighted by molar-refractivity contribution is -0.123. The number of ether oxygens (including phenoxy) is 3. The summed E-state index contributed by atoms with van der Waals surface area (Å²) in [6.07, 6.45) is 1.44. The molecule has 1 atom stereocenters. The molecule has 2 aromatic carbocycles. The Labute approximate surface area is 163 Å². The van der Waals surface area contributed by atoms with Crippen molar-refractivity contribution in [3.05, 3.63) is 48.0 Å². The first-order valence-electron chi connectivity index (χ1n) is 9.32. The standard InChI is InChI=1S/C21H22N2O5/c1-14(15-7-8-18-19(10-15)28-13-27-18)22-20(24)12-26-17-5-2-4-16(11-17)23-9-3-6-21(23)25/h2,4-5,7-8,10-11,14H,3,6,9,12-13H2,1H3,(H,22,24). The van der Waals surface area contributed by atoms with E-state index in [9.17, 15) is 9.59 Å². The van der Waals surface area contributed by atoms with Crippen LogP contribution in [-0.4, -0.2) is 31.8 Å². The number of fused-ring (bicyclic) bond motifs is 1. The quantitative estimate of drug-likeness (QED) is 0.831. The fourth-order valence-corrected chi connectivity index (χ4v) is 3.36. The van der Waals surface area contributed by atoms with Gasteiger partial charge in [0.25, 0.3) is 5.91 Å². The maximum Gasteiger partial charge on any atom is 0.258 e. The summed E-state index contributed by atoms with van der Waals surface area (Å²) in [5.41, 5.74) is 1.72. The van der Waals surface area contributed by atoms with E-state index in [1.807, 2.05) is 37.3 Å². The van der Waals surface area contributed by atoms with Crippen molar-refractivity contribution in [2.45, 2.75) is 25.8 Å². The van der Waals surface area contributed by atoms with E-state index in [-0.39, 0.29) is 31.3 Å². The van der Waals surface area contributed by atoms with Crippen LogP contribution in [0.2, 0.25) is 0 Å². The monoisotopic (exact) mass is 382 g/mol. The summed E-state index contributed by atoms with van der Waals surface area (Å²) >= 11 is 0. The van der Waals surface area contributed by atoms with Crippen molar-refractivity contribution in [2.75, 3.05) is 24.8 Å². The molecule has 2 aliphatic rings. The van der Waals surface area contributed by atoms with Crippen molar-refractivity contribution >= 4 is 17.5 Å². The average Bonchev–Trinajstić information content (AvgIpc) is 3.34. The molecule has 2 aromatic rings. The lowest BCUT2D eigenvalue weighted by atomic mass is 10.1. The molecule has 7 heteroatoms. The first-order valence-corrected chi connectivity index (χ1v) is 9.32. The molecule has 0 aromatic heterocycles. The molecule has 146 valence electrons. The summed E-state index contributed by atoms with van der Waals surface area (Å²) in [6, 6.07) is 12.7. The first-order chi connectivity index (χ1) is 13.6. The van der Waals surface area contributed by atoms with Gasteiger partial charge >= 0.3 is 0 Å². The predicted octanol–water partition coefficient (Wildman–Crippen LogP) is 2.80. The van der Waals surface area contributed by atoms with E-state index in [1.165, 1.54) is 0 Å². The number of hydrogen-bond donors (Lipinski definition) is 1. The third-order valence-electron chi connectivity index (χ3n) is 4.85. The van der Waals surface area contributed by atoms with E-state index >= 15 is 0 Å². The molecule has 0 bridgehead atoms. The average molecular weight is 382 g/mol. The first kappa shape index (κ1) is 18.2. The van der Waals surface area contributed by atoms with Crippen LogP contribution < -0.4 is 24.4 Å². The zero-order valence-electron chi connectivity index (χ0n) is 15.6. The van der Waals surface area contributed by atoms with E-state index in [1.54, 1.807) is 17.0 Å². The van der Waals surface area contributed by atoms with Gasteiger partial charge in [-0.2, -0.15) is 0 Å². The van der Waals surface area contributed by atoms with Gasteiger partial charge in [0.15, 0.2) is 18.1 Å². The highest BCUT2D eigenvalue weighted by atomic mass is 16.7. The minimum absolute atomic E-state index is 0.105. The molecule has 2 amide bonds. The van der Waals surface area contributed by atoms with Crippen molar-refractivity contribution in [3.63, 3.8) is 0 Å². The van der Waals surface area contributed by atoms with Crippen LogP contribution >= 0.6 is 0 Å². The van der Waals surface area contributed by atoms with E-state index < -0.39 is 0 Å². The Bertz CT molecular complexity index is 898. The van der Waals surface area contributed by atoms with Crippen LogP contribution in [-0.2, 0) is 9.59 Å². The lowest BCUT2D eigenvalue weighted by Gasteiger charge is -2.17. The Balaban J connectivity index is 1.32. The Kier molecular flexibility index (Phi) is 5.06. The Morgan fingerprint density at radius 1 is 1.21 bits per heavy atom. The molecule has 0 aliphatic carbocycles. The highest BCUT2D eigenvalue weighted by Gasteiger charge is 2.22. The molecule has 28 heavy (non-hydrogen) atoms. The number of nitrogens with one attached hydrogen (secondary N) is 1. The van der Waals surface area contributed by atoms with Crippen LogP contribution in [0.5, 0.6) is 17.2 Å². The van der Waals surface area contributed by atoms with Gasteiger partial charge in [-0.25, -0.2) is 0 Å². The number of amides is 2. The third kappa shape index (κ3) is 3.88. The topological polar surface area (TPSA) is 77.1 Å². The lowest BCUT2D eigenvalue weighted by Crippen LogP contribution is -2.31. The molecular weight excluding hydrogens is 360 g/mol. The Morgan fingerprint density at radius 3 is 2.89 bits per heavy atom. The number of hydrogen-bond acceptors (Lipinski definition) is 5. The fourth-order valence-electron chi connectivity index (χ4n) is 3.36. The van der Waals surface area contributed by atoms with E-state index in [0.717, 1.165) is 24.2 Å². The van der Waals surface area contributed by atoms with Gasteiger partial charge in [-0.15, -0.1) is 0 Å². The van der Waals surface area contributed by atoms with Crippen LogP contribution in [0.1, 0.15) is 31.4 Å². The van der Waals surface area contributed by atoms with Crippen molar-refractivity contribution in [2.24, 2.45) is 0 Å². The van der Waals surface area contributed by atoms with Gasteiger partial charge in [0.05, 0.1) is 6.04 Å². The van der Waals surface area contributed by atoms with Crippen molar-refractivity contribution < 1.29 is 23.8 Å². The SMILES string of the molecule is CC(NC(=O)COc1cccc(N2CCCC2=O)c1)c1ccc2c(c1)OCO2. The second-order valence-electron chi connectivity index (χ2n) is 6.84. The Morgan fingerprint density at radius 2 is 2.07 bits per heavy atom. The van der Waals surface area contributed by atoms with Crippen LogP contribution in [0.25, 0.3) is 0 Å². The molecule has 0 spiro atoms. The smallest absolute Gasteiger partial charge is 0.258 e. The number of rotatable bonds is 6. The van der Waals surface area contributed by atoms with Gasteiger partial charge < -0.3 is 24.4 Å². The summed E-state index contributed by atoms with van der Waals surface area (Å²) < 4.78 is 16.3. The van der Waals surface area contributed by atoms with Gasteiger partial charge in [0, 0.05) is 24.7 Å². The summed E-state index contributed by atoms with van der Waals surface area (Å²) in [7, 11) is 0. The molecule has 1 unspecified atom stereocenters. The molecule has 4 rings (SSSR count). The zero-order chi connectivity index (χ0) is 19.5. The normalized spacial score (nSPS) is 16.2. The molecule has 0 saturated carbocycles. The number of carbonyl (C=O) groups is 2. The van der Waals surface area contributed by atoms with Crippen LogP contribution in [0.4, 0.5) is 5.69 Å². The van der Waals surface area contributed by atoms with Gasteiger partial charge in [-0.3, -0.25) is 9.59 Å². The number of nitrogens with zero attached hydrogens (tertiary/aromatic N) is 1. The second-order valence-corrected chi connectivity index (χ2v) is 6.84. The zero-order valence-corrected chi connectivity index (χ0v) is 15.6. The predicted molar refractivity (Wildman–Crippen MR) is 103 cm³/mol. The summed E-state index contributed by atoms with van der Waals surface area (Å²) in [5.74, 6) is 1.84. The van der Waals surface area contributed by atoms with Crippen molar-refractivity contribution in [3.8, 4) is 17.2 Å². The van der Waals surface area contributed by atoms with Crippen LogP contribution in [0.15, 0.2) is 42.5 Å². The maximum atomic E-state index is 12.3. The molecular formula is C21H22N2O5. The summed E-state index contributed by atoms with van der Waals surface area (Å²) in [4.78, 5) is 25.9. The molecule has 1 N–H and O–H groups in total. The number of carbonyl (C=O) groups excluding carboxylic acids is 2. The minimum Gasteiger partial charge on any atom is -0.484 e. The second kappa shape index (κ2) is 7.80. The molecule has 2 heterocycles. The maximum absolute atomic E-state index is 12.3. The third-order valence-corrected chi connectivity index (χ3v) is 4.85. The van der Waals surface area contributed by atoms with Gasteiger partial charge in [0.2, 0.25) is 12.7 Å². The number of anilines is 1. The van der Waals surface area contributed by atoms with Gasteiger partial charge in [-0.05, 0) is 43.2 Å². The molecule has 2 aliphatic heterocycles. The molecule has 7 nitrogen and oxygen atoms in total. The highest BCUT2D eigenvalue weighted by Crippen LogP contribution is 2.34. The highest BCUT2D eigenvalue weighted by molar-refractivity contribution is 5.95. The van der Waals surface area contributed by atoms with Crippen LogP contribution in [0.3, 0.4) is 0 Å². The molecule has 1 fully saturated rings. The number of benzene rings is 2. The van der Waals surface area contributed by atoms with Crippen molar-refractivity contribution in [1.29, 1.82) is 0 Å². The van der Waals surface area contributed by atoms with Gasteiger partial charge in [-0.1, -0.05) is 12.1 Å². The largest absolute Gasteiger partial charge is 0.484 e. The molecule has 1 saturated heterocycles. The summed E-state index contributed by atoms with van der Waals surface area (Å²) in [5, 5.41) is 2.91. The fraction of sp³-hybridized carbons (Fsp3) is 0.333. The van der Waals surface area contributed by atoms with Crippen molar-refractivity contribution in [1.82, 2.24) is 5.32 Å². The minimum atomic E-state index is -0.229. The van der Waals surface area contributed by atoms with E-state index in [0.29, 0.717) is 23.7 Å². The molecule has 0 radical (unpaired) electrons. The van der Waals surface area contributed by atoms with Gasteiger partial charge in [0.1, 0.15) is 5.75 Å². The van der Waals surface area contributed by atoms with E-state index in [2.05, 4.69) is 5.32 Å². The Hall–Kier alpha value is -3.22. The van der Waals surface area contributed by atoms with E-state index in [4.69, 9.17) is 14.2 Å².